The lowest BCUT2D eigenvalue weighted by Gasteiger charge is -2.35. The zero-order valence-electron chi connectivity index (χ0n) is 27.4. The smallest absolute Gasteiger partial charge is 0.264 e. The van der Waals surface area contributed by atoms with Gasteiger partial charge in [0, 0.05) is 19.0 Å². The number of ether oxygens (including phenoxy) is 1. The molecule has 258 valence electrons. The molecule has 49 heavy (non-hydrogen) atoms. The number of halogens is 2. The van der Waals surface area contributed by atoms with Crippen LogP contribution < -0.4 is 14.4 Å². The van der Waals surface area contributed by atoms with Gasteiger partial charge in [-0.25, -0.2) is 8.42 Å². The maximum atomic E-state index is 14.7. The van der Waals surface area contributed by atoms with Crippen LogP contribution in [0.1, 0.15) is 50.2 Å². The molecule has 4 aromatic carbocycles. The fourth-order valence-corrected chi connectivity index (χ4v) is 7.79. The predicted octanol–water partition coefficient (Wildman–Crippen LogP) is 7.68. The molecule has 1 atom stereocenters. The van der Waals surface area contributed by atoms with Crippen LogP contribution in [0.25, 0.3) is 0 Å². The number of rotatable bonds is 14. The summed E-state index contributed by atoms with van der Waals surface area (Å²) in [6, 6.07) is 28.2. The maximum absolute atomic E-state index is 14.7. The monoisotopic (exact) mass is 721 g/mol. The Morgan fingerprint density at radius 1 is 0.837 bits per heavy atom. The standard InChI is InChI=1S/C38H41Cl2N3O5S/c1-2-48-32-19-21-33(22-20-32)49(46,47)43(31-16-10-5-11-17-31)27-37(44)42(26-29-18-23-34(39)35(40)24-29)36(25-28-12-6-3-7-13-28)38(45)41-30-14-8-4-9-15-30/h3,5-7,10-13,16-24,30,36H,2,4,8-9,14-15,25-27H2,1H3,(H,41,45)/t36-/m0/s1. The second kappa shape index (κ2) is 17.1. The Labute approximate surface area is 299 Å². The number of hydrogen-bond acceptors (Lipinski definition) is 5. The lowest BCUT2D eigenvalue weighted by atomic mass is 9.94. The third-order valence-corrected chi connectivity index (χ3v) is 11.1. The number of anilines is 1. The van der Waals surface area contributed by atoms with Crippen molar-refractivity contribution in [1.29, 1.82) is 0 Å². The molecule has 8 nitrogen and oxygen atoms in total. The molecule has 1 N–H and O–H groups in total. The third-order valence-electron chi connectivity index (χ3n) is 8.61. The minimum absolute atomic E-state index is 0.000448. The minimum Gasteiger partial charge on any atom is -0.494 e. The molecule has 0 heterocycles. The first-order chi connectivity index (χ1) is 23.7. The van der Waals surface area contributed by atoms with Gasteiger partial charge in [-0.3, -0.25) is 13.9 Å². The van der Waals surface area contributed by atoms with Crippen molar-refractivity contribution in [3.8, 4) is 5.75 Å². The summed E-state index contributed by atoms with van der Waals surface area (Å²) < 4.78 is 35.1. The van der Waals surface area contributed by atoms with E-state index in [2.05, 4.69) is 5.32 Å². The van der Waals surface area contributed by atoms with Crippen LogP contribution >= 0.6 is 23.2 Å². The van der Waals surface area contributed by atoms with Crippen LogP contribution in [0, 0.1) is 0 Å². The average Bonchev–Trinajstić information content (AvgIpc) is 3.11. The molecule has 1 aliphatic rings. The first kappa shape index (κ1) is 36.2. The largest absolute Gasteiger partial charge is 0.494 e. The van der Waals surface area contributed by atoms with Gasteiger partial charge in [0.25, 0.3) is 10.0 Å². The number of nitrogens with one attached hydrogen (secondary N) is 1. The highest BCUT2D eigenvalue weighted by atomic mass is 35.5. The molecule has 0 spiro atoms. The van der Waals surface area contributed by atoms with Crippen molar-refractivity contribution in [3.63, 3.8) is 0 Å². The van der Waals surface area contributed by atoms with Gasteiger partial charge in [-0.1, -0.05) is 97.1 Å². The molecule has 0 aromatic heterocycles. The Bertz CT molecular complexity index is 1800. The molecule has 0 aliphatic heterocycles. The summed E-state index contributed by atoms with van der Waals surface area (Å²) in [7, 11) is -4.24. The zero-order valence-corrected chi connectivity index (χ0v) is 29.8. The minimum atomic E-state index is -4.24. The van der Waals surface area contributed by atoms with Crippen LogP contribution in [0.2, 0.25) is 10.0 Å². The second-order valence-corrected chi connectivity index (χ2v) is 14.7. The Morgan fingerprint density at radius 2 is 1.49 bits per heavy atom. The quantitative estimate of drug-likeness (QED) is 0.144. The van der Waals surface area contributed by atoms with Crippen molar-refractivity contribution >= 4 is 50.7 Å². The number of carbonyl (C=O) groups excluding carboxylic acids is 2. The maximum Gasteiger partial charge on any atom is 0.264 e. The number of benzene rings is 4. The van der Waals surface area contributed by atoms with Crippen molar-refractivity contribution in [1.82, 2.24) is 10.2 Å². The van der Waals surface area contributed by atoms with Crippen LogP contribution in [0.15, 0.2) is 108 Å². The van der Waals surface area contributed by atoms with E-state index in [1.165, 1.54) is 17.0 Å². The van der Waals surface area contributed by atoms with E-state index in [-0.39, 0.29) is 29.8 Å². The van der Waals surface area contributed by atoms with Gasteiger partial charge < -0.3 is 15.0 Å². The van der Waals surface area contributed by atoms with Crippen LogP contribution in [-0.4, -0.2) is 50.4 Å². The normalized spacial score (nSPS) is 14.1. The molecule has 0 saturated heterocycles. The molecule has 4 aromatic rings. The van der Waals surface area contributed by atoms with Crippen LogP contribution in [-0.2, 0) is 32.6 Å². The molecule has 1 aliphatic carbocycles. The van der Waals surface area contributed by atoms with Crippen molar-refractivity contribution < 1.29 is 22.7 Å². The van der Waals surface area contributed by atoms with Gasteiger partial charge in [-0.15, -0.1) is 0 Å². The predicted molar refractivity (Wildman–Crippen MR) is 195 cm³/mol. The molecule has 0 bridgehead atoms. The van der Waals surface area contributed by atoms with Crippen LogP contribution in [0.4, 0.5) is 5.69 Å². The molecule has 1 fully saturated rings. The van der Waals surface area contributed by atoms with Crippen LogP contribution in [0.3, 0.4) is 0 Å². The SMILES string of the molecule is CCOc1ccc(S(=O)(=O)N(CC(=O)N(Cc2ccc(Cl)c(Cl)c2)[C@@H](Cc2ccccc2)C(=O)NC2CCCCC2)c2ccccc2)cc1. The molecule has 0 unspecified atom stereocenters. The fourth-order valence-electron chi connectivity index (χ4n) is 6.06. The Morgan fingerprint density at radius 3 is 2.12 bits per heavy atom. The van der Waals surface area contributed by atoms with Crippen molar-refractivity contribution in [2.24, 2.45) is 0 Å². The first-order valence-corrected chi connectivity index (χ1v) is 18.7. The fraction of sp³-hybridized carbons (Fsp3) is 0.316. The highest BCUT2D eigenvalue weighted by Gasteiger charge is 2.35. The van der Waals surface area contributed by atoms with Crippen molar-refractivity contribution in [3.05, 3.63) is 124 Å². The number of sulfonamides is 1. The number of nitrogens with zero attached hydrogens (tertiary/aromatic N) is 2. The number of carbonyl (C=O) groups is 2. The summed E-state index contributed by atoms with van der Waals surface area (Å²) in [5, 5.41) is 3.88. The zero-order chi connectivity index (χ0) is 34.8. The summed E-state index contributed by atoms with van der Waals surface area (Å²) in [5.74, 6) is -0.307. The lowest BCUT2D eigenvalue weighted by molar-refractivity contribution is -0.140. The first-order valence-electron chi connectivity index (χ1n) is 16.5. The summed E-state index contributed by atoms with van der Waals surface area (Å²) in [5.41, 5.74) is 1.82. The number of para-hydroxylation sites is 1. The van der Waals surface area contributed by atoms with Gasteiger partial charge in [0.2, 0.25) is 11.8 Å². The molecular formula is C38H41Cl2N3O5S. The number of hydrogen-bond donors (Lipinski definition) is 1. The van der Waals surface area contributed by atoms with E-state index in [0.717, 1.165) is 42.0 Å². The molecule has 11 heteroatoms. The second-order valence-electron chi connectivity index (χ2n) is 12.1. The van der Waals surface area contributed by atoms with Gasteiger partial charge in [0.15, 0.2) is 0 Å². The van der Waals surface area contributed by atoms with E-state index in [1.807, 2.05) is 37.3 Å². The van der Waals surface area contributed by atoms with Crippen molar-refractivity contribution in [2.45, 2.75) is 69.0 Å². The van der Waals surface area contributed by atoms with E-state index in [0.29, 0.717) is 33.7 Å². The summed E-state index contributed by atoms with van der Waals surface area (Å²) >= 11 is 12.6. The van der Waals surface area contributed by atoms with Gasteiger partial charge in [0.05, 0.1) is 27.2 Å². The molecule has 2 amide bonds. The molecular weight excluding hydrogens is 681 g/mol. The molecule has 0 radical (unpaired) electrons. The van der Waals surface area contributed by atoms with E-state index in [4.69, 9.17) is 27.9 Å². The van der Waals surface area contributed by atoms with E-state index < -0.39 is 28.5 Å². The average molecular weight is 723 g/mol. The molecule has 1 saturated carbocycles. The lowest BCUT2D eigenvalue weighted by Crippen LogP contribution is -2.55. The van der Waals surface area contributed by atoms with Gasteiger partial charge in [-0.2, -0.15) is 0 Å². The Kier molecular flexibility index (Phi) is 12.6. The van der Waals surface area contributed by atoms with E-state index in [9.17, 15) is 18.0 Å². The Balaban J connectivity index is 1.55. The highest BCUT2D eigenvalue weighted by Crippen LogP contribution is 2.28. The summed E-state index contributed by atoms with van der Waals surface area (Å²) in [6.07, 6.45) is 5.13. The van der Waals surface area contributed by atoms with Crippen molar-refractivity contribution in [2.75, 3.05) is 17.5 Å². The third kappa shape index (κ3) is 9.56. The summed E-state index contributed by atoms with van der Waals surface area (Å²) in [4.78, 5) is 30.4. The highest BCUT2D eigenvalue weighted by molar-refractivity contribution is 7.92. The van der Waals surface area contributed by atoms with E-state index >= 15 is 0 Å². The molecule has 5 rings (SSSR count). The van der Waals surface area contributed by atoms with Gasteiger partial charge in [-0.05, 0) is 79.4 Å². The number of amides is 2. The van der Waals surface area contributed by atoms with Crippen LogP contribution in [0.5, 0.6) is 5.75 Å². The van der Waals surface area contributed by atoms with Gasteiger partial charge >= 0.3 is 0 Å². The topological polar surface area (TPSA) is 96.0 Å². The van der Waals surface area contributed by atoms with Gasteiger partial charge in [0.1, 0.15) is 18.3 Å². The van der Waals surface area contributed by atoms with E-state index in [1.54, 1.807) is 60.7 Å². The Hall–Kier alpha value is -4.05. The summed E-state index contributed by atoms with van der Waals surface area (Å²) in [6.45, 7) is 1.72.